The number of rotatable bonds is 8. The zero-order chi connectivity index (χ0) is 15.1. The van der Waals surface area contributed by atoms with Gasteiger partial charge in [0.15, 0.2) is 5.82 Å². The highest BCUT2D eigenvalue weighted by molar-refractivity contribution is 7.80. The number of anilines is 1. The lowest BCUT2D eigenvalue weighted by molar-refractivity contribution is 0.280. The molecule has 0 atom stereocenters. The first-order valence-electron chi connectivity index (χ1n) is 6.75. The van der Waals surface area contributed by atoms with Gasteiger partial charge in [-0.3, -0.25) is 0 Å². The third-order valence-corrected chi connectivity index (χ3v) is 3.32. The Balaban J connectivity index is 3.40. The van der Waals surface area contributed by atoms with Crippen LogP contribution in [-0.4, -0.2) is 51.7 Å². The Morgan fingerprint density at radius 2 is 1.75 bits per heavy atom. The maximum atomic E-state index is 9.15. The van der Waals surface area contributed by atoms with Crippen LogP contribution < -0.4 is 10.6 Å². The molecule has 112 valence electrons. The summed E-state index contributed by atoms with van der Waals surface area (Å²) in [4.78, 5) is 2.02. The van der Waals surface area contributed by atoms with Crippen molar-refractivity contribution in [3.63, 3.8) is 0 Å². The molecule has 0 fully saturated rings. The molecule has 0 unspecified atom stereocenters. The summed E-state index contributed by atoms with van der Waals surface area (Å²) in [6.45, 7) is 4.62. The highest BCUT2D eigenvalue weighted by Gasteiger charge is 2.20. The number of aryl methyl sites for hydroxylation is 1. The minimum atomic E-state index is -0.0462. The van der Waals surface area contributed by atoms with Gasteiger partial charge in [-0.25, -0.2) is 0 Å². The molecule has 20 heavy (non-hydrogen) atoms. The molecule has 4 N–H and O–H groups in total. The fraction of sp³-hybridized carbons (Fsp3) is 0.615. The smallest absolute Gasteiger partial charge is 0.161 e. The molecule has 0 amide bonds. The van der Waals surface area contributed by atoms with Crippen molar-refractivity contribution < 1.29 is 10.2 Å². The van der Waals surface area contributed by atoms with Crippen LogP contribution in [0.5, 0.6) is 0 Å². The van der Waals surface area contributed by atoms with Gasteiger partial charge >= 0.3 is 0 Å². The second-order valence-corrected chi connectivity index (χ2v) is 4.77. The highest BCUT2D eigenvalue weighted by atomic mass is 32.1. The van der Waals surface area contributed by atoms with Crippen molar-refractivity contribution in [2.24, 2.45) is 5.73 Å². The largest absolute Gasteiger partial charge is 0.395 e. The lowest BCUT2D eigenvalue weighted by Crippen LogP contribution is -2.33. The van der Waals surface area contributed by atoms with Crippen molar-refractivity contribution in [2.45, 2.75) is 26.7 Å². The van der Waals surface area contributed by atoms with E-state index in [2.05, 4.69) is 10.2 Å². The summed E-state index contributed by atoms with van der Waals surface area (Å²) >= 11 is 5.16. The van der Waals surface area contributed by atoms with Crippen molar-refractivity contribution in [2.75, 3.05) is 31.2 Å². The first kappa shape index (κ1) is 16.7. The van der Waals surface area contributed by atoms with Crippen molar-refractivity contribution in [1.29, 1.82) is 0 Å². The molecule has 0 aliphatic heterocycles. The van der Waals surface area contributed by atoms with Gasteiger partial charge in [0.1, 0.15) is 4.99 Å². The molecule has 0 aliphatic rings. The molecular weight excluding hydrogens is 276 g/mol. The average molecular weight is 298 g/mol. The van der Waals surface area contributed by atoms with E-state index in [1.807, 2.05) is 13.8 Å². The van der Waals surface area contributed by atoms with Crippen LogP contribution in [0.1, 0.15) is 30.7 Å². The summed E-state index contributed by atoms with van der Waals surface area (Å²) in [7, 11) is 0. The molecule has 0 aliphatic carbocycles. The van der Waals surface area contributed by atoms with E-state index in [-0.39, 0.29) is 18.2 Å². The van der Waals surface area contributed by atoms with Crippen LogP contribution >= 0.6 is 12.2 Å². The summed E-state index contributed by atoms with van der Waals surface area (Å²) < 4.78 is 0. The summed E-state index contributed by atoms with van der Waals surface area (Å²) in [6, 6.07) is 0. The van der Waals surface area contributed by atoms with Crippen LogP contribution in [0.3, 0.4) is 0 Å². The fourth-order valence-corrected chi connectivity index (χ4v) is 2.42. The fourth-order valence-electron chi connectivity index (χ4n) is 2.21. The van der Waals surface area contributed by atoms with E-state index in [4.69, 9.17) is 28.2 Å². The molecule has 0 aromatic carbocycles. The first-order valence-corrected chi connectivity index (χ1v) is 7.16. The maximum absolute atomic E-state index is 9.15. The van der Waals surface area contributed by atoms with Gasteiger partial charge in [-0.05, 0) is 18.4 Å². The third-order valence-electron chi connectivity index (χ3n) is 3.11. The van der Waals surface area contributed by atoms with E-state index in [1.165, 1.54) is 0 Å². The second kappa shape index (κ2) is 8.08. The Morgan fingerprint density at radius 1 is 1.15 bits per heavy atom. The van der Waals surface area contributed by atoms with Crippen LogP contribution in [0.25, 0.3) is 0 Å². The number of hydrogen-bond donors (Lipinski definition) is 3. The molecule has 0 radical (unpaired) electrons. The number of nitrogens with zero attached hydrogens (tertiary/aromatic N) is 3. The first-order chi connectivity index (χ1) is 9.60. The van der Waals surface area contributed by atoms with Gasteiger partial charge in [-0.1, -0.05) is 26.1 Å². The van der Waals surface area contributed by atoms with Crippen LogP contribution in [-0.2, 0) is 12.8 Å². The summed E-state index contributed by atoms with van der Waals surface area (Å²) in [5, 5.41) is 26.7. The highest BCUT2D eigenvalue weighted by Crippen LogP contribution is 2.23. The molecule has 1 rings (SSSR count). The number of aromatic nitrogens is 2. The van der Waals surface area contributed by atoms with E-state index in [0.717, 1.165) is 24.1 Å². The topological polar surface area (TPSA) is 95.5 Å². The zero-order valence-electron chi connectivity index (χ0n) is 12.0. The maximum Gasteiger partial charge on any atom is 0.161 e. The van der Waals surface area contributed by atoms with Gasteiger partial charge < -0.3 is 20.8 Å². The van der Waals surface area contributed by atoms with E-state index >= 15 is 0 Å². The molecule has 6 nitrogen and oxygen atoms in total. The lowest BCUT2D eigenvalue weighted by Gasteiger charge is -2.25. The zero-order valence-corrected chi connectivity index (χ0v) is 12.8. The van der Waals surface area contributed by atoms with Gasteiger partial charge in [-0.15, -0.1) is 5.10 Å². The normalized spacial score (nSPS) is 10.6. The van der Waals surface area contributed by atoms with Gasteiger partial charge in [0.2, 0.25) is 0 Å². The molecule has 0 saturated carbocycles. The Morgan fingerprint density at radius 3 is 2.15 bits per heavy atom. The van der Waals surface area contributed by atoms with E-state index in [0.29, 0.717) is 24.5 Å². The van der Waals surface area contributed by atoms with Gasteiger partial charge in [0.05, 0.1) is 24.5 Å². The van der Waals surface area contributed by atoms with Crippen LogP contribution in [0.15, 0.2) is 0 Å². The minimum Gasteiger partial charge on any atom is -0.395 e. The van der Waals surface area contributed by atoms with E-state index in [9.17, 15) is 0 Å². The monoisotopic (exact) mass is 298 g/mol. The Bertz CT molecular complexity index is 462. The molecule has 1 aromatic heterocycles. The molecule has 0 bridgehead atoms. The average Bonchev–Trinajstić information content (AvgIpc) is 2.45. The van der Waals surface area contributed by atoms with Crippen LogP contribution in [0.2, 0.25) is 0 Å². The van der Waals surface area contributed by atoms with Crippen LogP contribution in [0, 0.1) is 0 Å². The van der Waals surface area contributed by atoms with Crippen molar-refractivity contribution in [3.05, 3.63) is 16.8 Å². The number of thiocarbonyl (C=S) groups is 1. The van der Waals surface area contributed by atoms with Crippen molar-refractivity contribution >= 4 is 23.0 Å². The summed E-state index contributed by atoms with van der Waals surface area (Å²) in [5.41, 5.74) is 8.43. The van der Waals surface area contributed by atoms with E-state index < -0.39 is 0 Å². The van der Waals surface area contributed by atoms with E-state index in [1.54, 1.807) is 4.90 Å². The van der Waals surface area contributed by atoms with Gasteiger partial charge in [0, 0.05) is 13.1 Å². The second-order valence-electron chi connectivity index (χ2n) is 4.33. The Labute approximate surface area is 124 Å². The predicted octanol–water partition coefficient (Wildman–Crippen LogP) is 0.0266. The summed E-state index contributed by atoms with van der Waals surface area (Å²) in [5.74, 6) is 0.537. The molecule has 0 spiro atoms. The SMILES string of the molecule is CCc1nnc(N(CCO)CCO)c(C(N)=S)c1CC. The number of nitrogens with two attached hydrogens (primary N) is 1. The van der Waals surface area contributed by atoms with Crippen LogP contribution in [0.4, 0.5) is 5.82 Å². The standard InChI is InChI=1S/C13H22N4O2S/c1-3-9-10(4-2)15-16-13(11(9)12(14)20)17(5-7-18)6-8-19/h18-19H,3-8H2,1-2H3,(H2,14,20). The van der Waals surface area contributed by atoms with Gasteiger partial charge in [0.25, 0.3) is 0 Å². The van der Waals surface area contributed by atoms with Gasteiger partial charge in [-0.2, -0.15) is 5.10 Å². The minimum absolute atomic E-state index is 0.0462. The molecule has 0 saturated heterocycles. The number of aliphatic hydroxyl groups excluding tert-OH is 2. The lowest BCUT2D eigenvalue weighted by atomic mass is 10.0. The van der Waals surface area contributed by atoms with Crippen molar-refractivity contribution in [3.8, 4) is 0 Å². The third kappa shape index (κ3) is 3.62. The molecule has 1 heterocycles. The molecular formula is C13H22N4O2S. The number of aliphatic hydroxyl groups is 2. The predicted molar refractivity (Wildman–Crippen MR) is 83.1 cm³/mol. The quantitative estimate of drug-likeness (QED) is 0.583. The summed E-state index contributed by atoms with van der Waals surface area (Å²) in [6.07, 6.45) is 1.51. The molecule has 7 heteroatoms. The van der Waals surface area contributed by atoms with Crippen molar-refractivity contribution in [1.82, 2.24) is 10.2 Å². The Kier molecular flexibility index (Phi) is 6.77. The Hall–Kier alpha value is -1.31. The molecule has 1 aromatic rings. The number of hydrogen-bond acceptors (Lipinski definition) is 6.